The minimum absolute atomic E-state index is 0.249. The molecule has 24 heavy (non-hydrogen) atoms. The normalized spacial score (nSPS) is 12.6. The number of rotatable bonds is 6. The van der Waals surface area contributed by atoms with Crippen LogP contribution in [0.1, 0.15) is 61.9 Å². The smallest absolute Gasteiger partial charge is 0.251 e. The van der Waals surface area contributed by atoms with Gasteiger partial charge in [0.15, 0.2) is 0 Å². The van der Waals surface area contributed by atoms with Crippen LogP contribution in [-0.2, 0) is 6.42 Å². The molecule has 1 amide bonds. The van der Waals surface area contributed by atoms with Gasteiger partial charge in [-0.25, -0.2) is 4.39 Å². The Morgan fingerprint density at radius 1 is 1.21 bits per heavy atom. The van der Waals surface area contributed by atoms with Gasteiger partial charge in [0.1, 0.15) is 5.82 Å². The molecule has 0 fully saturated rings. The van der Waals surface area contributed by atoms with Gasteiger partial charge in [-0.2, -0.15) is 0 Å². The van der Waals surface area contributed by atoms with Gasteiger partial charge < -0.3 is 10.3 Å². The molecule has 130 valence electrons. The number of amides is 1. The first kappa shape index (κ1) is 18.2. The molecule has 1 aromatic heterocycles. The Morgan fingerprint density at radius 2 is 1.79 bits per heavy atom. The fourth-order valence-corrected chi connectivity index (χ4v) is 3.33. The molecule has 3 nitrogen and oxygen atoms in total. The molecule has 0 radical (unpaired) electrons. The molecule has 0 aliphatic rings. The van der Waals surface area contributed by atoms with Gasteiger partial charge in [0.05, 0.1) is 5.56 Å². The molecular weight excluding hydrogens is 303 g/mol. The highest BCUT2D eigenvalue weighted by Crippen LogP contribution is 2.37. The zero-order valence-electron chi connectivity index (χ0n) is 15.2. The number of carbonyl (C=O) groups is 1. The van der Waals surface area contributed by atoms with Crippen molar-refractivity contribution in [3.8, 4) is 11.1 Å². The second-order valence-corrected chi connectivity index (χ2v) is 6.76. The van der Waals surface area contributed by atoms with Gasteiger partial charge in [-0.15, -0.1) is 0 Å². The summed E-state index contributed by atoms with van der Waals surface area (Å²) in [7, 11) is 0. The Labute approximate surface area is 143 Å². The average Bonchev–Trinajstić information content (AvgIpc) is 2.80. The molecular formula is C20H27FN2O. The van der Waals surface area contributed by atoms with Crippen LogP contribution >= 0.6 is 0 Å². The summed E-state index contributed by atoms with van der Waals surface area (Å²) in [5.41, 5.74) is 9.96. The van der Waals surface area contributed by atoms with Crippen molar-refractivity contribution < 1.29 is 9.18 Å². The van der Waals surface area contributed by atoms with Crippen LogP contribution in [0.2, 0.25) is 0 Å². The number of hydrogen-bond acceptors (Lipinski definition) is 1. The molecule has 4 heteroatoms. The average molecular weight is 330 g/mol. The van der Waals surface area contributed by atoms with Crippen molar-refractivity contribution in [3.05, 3.63) is 47.0 Å². The molecule has 0 saturated heterocycles. The molecule has 0 aliphatic carbocycles. The van der Waals surface area contributed by atoms with E-state index in [9.17, 15) is 9.18 Å². The first-order valence-corrected chi connectivity index (χ1v) is 8.58. The van der Waals surface area contributed by atoms with Crippen molar-refractivity contribution in [1.82, 2.24) is 4.57 Å². The number of primary amides is 1. The predicted molar refractivity (Wildman–Crippen MR) is 96.6 cm³/mol. The van der Waals surface area contributed by atoms with Crippen molar-refractivity contribution in [1.29, 1.82) is 0 Å². The summed E-state index contributed by atoms with van der Waals surface area (Å²) in [6, 6.07) is 6.54. The van der Waals surface area contributed by atoms with Crippen molar-refractivity contribution in [2.45, 2.75) is 53.5 Å². The number of benzene rings is 1. The maximum Gasteiger partial charge on any atom is 0.251 e. The molecule has 2 rings (SSSR count). The Balaban J connectivity index is 2.82. The highest BCUT2D eigenvalue weighted by molar-refractivity contribution is 6.02. The van der Waals surface area contributed by atoms with Crippen molar-refractivity contribution in [2.75, 3.05) is 0 Å². The van der Waals surface area contributed by atoms with E-state index < -0.39 is 5.91 Å². The van der Waals surface area contributed by atoms with Crippen LogP contribution in [0.15, 0.2) is 24.3 Å². The quantitative estimate of drug-likeness (QED) is 0.807. The summed E-state index contributed by atoms with van der Waals surface area (Å²) in [5.74, 6) is -0.296. The number of carbonyl (C=O) groups excluding carboxylic acids is 1. The number of hydrogen-bond donors (Lipinski definition) is 1. The van der Waals surface area contributed by atoms with Crippen LogP contribution in [0.3, 0.4) is 0 Å². The zero-order chi connectivity index (χ0) is 18.0. The summed E-state index contributed by atoms with van der Waals surface area (Å²) in [4.78, 5) is 12.2. The number of nitrogens with two attached hydrogens (primary N) is 1. The lowest BCUT2D eigenvalue weighted by Gasteiger charge is -2.23. The minimum atomic E-state index is -0.432. The second-order valence-electron chi connectivity index (χ2n) is 6.76. The summed E-state index contributed by atoms with van der Waals surface area (Å²) in [6.45, 7) is 10.6. The van der Waals surface area contributed by atoms with E-state index >= 15 is 0 Å². The maximum atomic E-state index is 13.3. The topological polar surface area (TPSA) is 48.0 Å². The number of nitrogens with zero attached hydrogens (tertiary/aromatic N) is 1. The maximum absolute atomic E-state index is 13.3. The highest BCUT2D eigenvalue weighted by atomic mass is 19.1. The molecule has 2 aromatic rings. The van der Waals surface area contributed by atoms with Crippen LogP contribution in [-0.4, -0.2) is 10.5 Å². The van der Waals surface area contributed by atoms with Crippen LogP contribution in [0.25, 0.3) is 11.1 Å². The molecule has 1 unspecified atom stereocenters. The molecule has 1 aromatic carbocycles. The summed E-state index contributed by atoms with van der Waals surface area (Å²) in [6.07, 6.45) is 1.80. The van der Waals surface area contributed by atoms with E-state index in [0.717, 1.165) is 35.4 Å². The van der Waals surface area contributed by atoms with Gasteiger partial charge in [0.2, 0.25) is 0 Å². The molecule has 0 bridgehead atoms. The third-order valence-corrected chi connectivity index (χ3v) is 4.79. The zero-order valence-corrected chi connectivity index (χ0v) is 15.2. The number of halogens is 1. The van der Waals surface area contributed by atoms with Crippen molar-refractivity contribution >= 4 is 5.91 Å². The molecule has 1 atom stereocenters. The van der Waals surface area contributed by atoms with Gasteiger partial charge in [-0.05, 0) is 43.9 Å². The molecule has 2 N–H and O–H groups in total. The predicted octanol–water partition coefficient (Wildman–Crippen LogP) is 4.87. The lowest BCUT2D eigenvalue weighted by atomic mass is 9.98. The third-order valence-electron chi connectivity index (χ3n) is 4.79. The van der Waals surface area contributed by atoms with Gasteiger partial charge in [0.25, 0.3) is 5.91 Å². The van der Waals surface area contributed by atoms with E-state index in [1.54, 1.807) is 12.1 Å². The van der Waals surface area contributed by atoms with Gasteiger partial charge >= 0.3 is 0 Å². The first-order valence-electron chi connectivity index (χ1n) is 8.58. The van der Waals surface area contributed by atoms with Crippen LogP contribution < -0.4 is 5.73 Å². The van der Waals surface area contributed by atoms with Crippen LogP contribution in [0.5, 0.6) is 0 Å². The van der Waals surface area contributed by atoms with Gasteiger partial charge in [0, 0.05) is 23.0 Å². The Hall–Kier alpha value is -2.10. The Kier molecular flexibility index (Phi) is 5.47. The first-order chi connectivity index (χ1) is 11.3. The summed E-state index contributed by atoms with van der Waals surface area (Å²) in [5, 5.41) is 0. The van der Waals surface area contributed by atoms with Crippen molar-refractivity contribution in [3.63, 3.8) is 0 Å². The van der Waals surface area contributed by atoms with E-state index in [1.807, 2.05) is 6.92 Å². The lowest BCUT2D eigenvalue weighted by molar-refractivity contribution is 0.1000. The number of aromatic nitrogens is 1. The van der Waals surface area contributed by atoms with E-state index in [2.05, 4.69) is 32.3 Å². The third kappa shape index (κ3) is 3.23. The van der Waals surface area contributed by atoms with E-state index in [4.69, 9.17) is 5.73 Å². The Morgan fingerprint density at radius 3 is 2.25 bits per heavy atom. The molecule has 0 saturated carbocycles. The van der Waals surface area contributed by atoms with E-state index in [-0.39, 0.29) is 11.9 Å². The standard InChI is InChI=1S/C20H27FN2O/c1-6-7-17-19(15-8-10-16(21)11-9-15)18(20(22)24)14(5)23(17)13(4)12(2)3/h8-13H,6-7H2,1-5H3,(H2,22,24). The highest BCUT2D eigenvalue weighted by Gasteiger charge is 2.27. The lowest BCUT2D eigenvalue weighted by Crippen LogP contribution is -2.17. The molecule has 1 heterocycles. The van der Waals surface area contributed by atoms with Crippen molar-refractivity contribution in [2.24, 2.45) is 11.7 Å². The monoisotopic (exact) mass is 330 g/mol. The van der Waals surface area contributed by atoms with Crippen LogP contribution in [0.4, 0.5) is 4.39 Å². The fraction of sp³-hybridized carbons (Fsp3) is 0.450. The van der Waals surface area contributed by atoms with Gasteiger partial charge in [-0.3, -0.25) is 4.79 Å². The SMILES string of the molecule is CCCc1c(-c2ccc(F)cc2)c(C(N)=O)c(C)n1C(C)C(C)C. The van der Waals surface area contributed by atoms with Crippen LogP contribution in [0, 0.1) is 18.7 Å². The molecule has 0 aliphatic heterocycles. The minimum Gasteiger partial charge on any atom is -0.366 e. The molecule has 0 spiro atoms. The second kappa shape index (κ2) is 7.20. The van der Waals surface area contributed by atoms with Gasteiger partial charge in [-0.1, -0.05) is 39.3 Å². The van der Waals surface area contributed by atoms with E-state index in [1.165, 1.54) is 12.1 Å². The summed E-state index contributed by atoms with van der Waals surface area (Å²) >= 11 is 0. The Bertz CT molecular complexity index is 729. The fourth-order valence-electron chi connectivity index (χ4n) is 3.33. The van der Waals surface area contributed by atoms with E-state index in [0.29, 0.717) is 11.5 Å². The summed E-state index contributed by atoms with van der Waals surface area (Å²) < 4.78 is 15.6. The largest absolute Gasteiger partial charge is 0.366 e.